The molecule has 2 aromatic carbocycles. The van der Waals surface area contributed by atoms with Crippen LogP contribution < -0.4 is 5.32 Å². The second kappa shape index (κ2) is 5.55. The molecule has 118 valence electrons. The molecular formula is C18H17ClN2O2. The Kier molecular flexibility index (Phi) is 3.51. The molecule has 1 fully saturated rings. The Morgan fingerprint density at radius 2 is 1.96 bits per heavy atom. The molecule has 0 aliphatic carbocycles. The van der Waals surface area contributed by atoms with E-state index in [2.05, 4.69) is 17.4 Å². The Bertz CT molecular complexity index is 764. The van der Waals surface area contributed by atoms with Crippen molar-refractivity contribution in [1.82, 2.24) is 4.90 Å². The quantitative estimate of drug-likeness (QED) is 0.859. The van der Waals surface area contributed by atoms with Crippen LogP contribution in [0.3, 0.4) is 0 Å². The van der Waals surface area contributed by atoms with Crippen LogP contribution in [0.5, 0.6) is 0 Å². The molecule has 4 rings (SSSR count). The number of halogens is 1. The molecule has 1 atom stereocenters. The molecule has 0 saturated carbocycles. The molecule has 1 N–H and O–H groups in total. The van der Waals surface area contributed by atoms with Crippen molar-refractivity contribution < 1.29 is 9.53 Å². The summed E-state index contributed by atoms with van der Waals surface area (Å²) in [6, 6.07) is 15.4. The van der Waals surface area contributed by atoms with Gasteiger partial charge in [0, 0.05) is 13.0 Å². The van der Waals surface area contributed by atoms with Crippen LogP contribution in [0.15, 0.2) is 48.5 Å². The van der Waals surface area contributed by atoms with Crippen molar-refractivity contribution in [1.29, 1.82) is 0 Å². The molecule has 0 radical (unpaired) electrons. The highest BCUT2D eigenvalue weighted by atomic mass is 35.5. The number of para-hydroxylation sites is 1. The lowest BCUT2D eigenvalue weighted by molar-refractivity contribution is -0.0269. The van der Waals surface area contributed by atoms with Gasteiger partial charge in [-0.1, -0.05) is 48.0 Å². The molecule has 2 amide bonds. The van der Waals surface area contributed by atoms with Crippen LogP contribution in [0.25, 0.3) is 0 Å². The summed E-state index contributed by atoms with van der Waals surface area (Å²) in [7, 11) is 0. The first kappa shape index (κ1) is 14.5. The van der Waals surface area contributed by atoms with Crippen LogP contribution in [0.4, 0.5) is 10.5 Å². The van der Waals surface area contributed by atoms with Gasteiger partial charge in [0.15, 0.2) is 0 Å². The number of carbonyl (C=O) groups is 1. The lowest BCUT2D eigenvalue weighted by Gasteiger charge is -2.25. The predicted octanol–water partition coefficient (Wildman–Crippen LogP) is 4.00. The number of hydrogen-bond donors (Lipinski definition) is 1. The lowest BCUT2D eigenvalue weighted by Crippen LogP contribution is -2.36. The summed E-state index contributed by atoms with van der Waals surface area (Å²) in [4.78, 5) is 14.3. The van der Waals surface area contributed by atoms with E-state index in [4.69, 9.17) is 16.3 Å². The van der Waals surface area contributed by atoms with Crippen molar-refractivity contribution in [2.45, 2.75) is 18.6 Å². The van der Waals surface area contributed by atoms with Crippen LogP contribution in [-0.2, 0) is 16.9 Å². The largest absolute Gasteiger partial charge is 0.364 e. The Morgan fingerprint density at radius 1 is 1.17 bits per heavy atom. The Hall–Kier alpha value is -2.04. The van der Waals surface area contributed by atoms with Crippen LogP contribution in [0.1, 0.15) is 17.5 Å². The first-order chi connectivity index (χ1) is 11.2. The number of benzene rings is 2. The number of nitrogens with zero attached hydrogens (tertiary/aromatic N) is 1. The van der Waals surface area contributed by atoms with Gasteiger partial charge in [-0.05, 0) is 23.3 Å². The van der Waals surface area contributed by atoms with Crippen LogP contribution >= 0.6 is 11.6 Å². The topological polar surface area (TPSA) is 41.6 Å². The van der Waals surface area contributed by atoms with Crippen molar-refractivity contribution >= 4 is 23.3 Å². The molecule has 2 aromatic rings. The van der Waals surface area contributed by atoms with Crippen LogP contribution in [0, 0.1) is 0 Å². The number of urea groups is 1. The highest BCUT2D eigenvalue weighted by Crippen LogP contribution is 2.43. The van der Waals surface area contributed by atoms with Gasteiger partial charge in [-0.15, -0.1) is 0 Å². The van der Waals surface area contributed by atoms with Gasteiger partial charge >= 0.3 is 6.03 Å². The lowest BCUT2D eigenvalue weighted by atomic mass is 9.92. The minimum absolute atomic E-state index is 0.136. The molecule has 2 heterocycles. The minimum atomic E-state index is -0.353. The average Bonchev–Trinajstić information content (AvgIpc) is 3.16. The first-order valence-electron chi connectivity index (χ1n) is 7.71. The van der Waals surface area contributed by atoms with Gasteiger partial charge in [-0.2, -0.15) is 0 Å². The van der Waals surface area contributed by atoms with E-state index in [0.717, 1.165) is 6.42 Å². The van der Waals surface area contributed by atoms with Gasteiger partial charge in [0.2, 0.25) is 0 Å². The van der Waals surface area contributed by atoms with Gasteiger partial charge < -0.3 is 15.0 Å². The number of anilines is 1. The molecule has 2 aliphatic rings. The third-order valence-electron chi connectivity index (χ3n) is 4.65. The summed E-state index contributed by atoms with van der Waals surface area (Å²) in [5.41, 5.74) is 2.72. The van der Waals surface area contributed by atoms with Gasteiger partial charge in [0.1, 0.15) is 5.60 Å². The molecule has 4 nitrogen and oxygen atoms in total. The summed E-state index contributed by atoms with van der Waals surface area (Å²) in [5.74, 6) is 0. The van der Waals surface area contributed by atoms with E-state index in [1.807, 2.05) is 24.3 Å². The second-order valence-corrected chi connectivity index (χ2v) is 6.43. The van der Waals surface area contributed by atoms with Crippen molar-refractivity contribution in [3.05, 3.63) is 64.7 Å². The third-order valence-corrected chi connectivity index (χ3v) is 4.98. The predicted molar refractivity (Wildman–Crippen MR) is 89.6 cm³/mol. The van der Waals surface area contributed by atoms with Crippen molar-refractivity contribution in [2.24, 2.45) is 0 Å². The van der Waals surface area contributed by atoms with Crippen molar-refractivity contribution in [3.63, 3.8) is 0 Å². The molecule has 0 aromatic heterocycles. The van der Waals surface area contributed by atoms with Crippen molar-refractivity contribution in [3.8, 4) is 0 Å². The molecule has 0 unspecified atom stereocenters. The number of ether oxygens (including phenoxy) is 1. The number of fused-ring (bicyclic) bond motifs is 2. The maximum Gasteiger partial charge on any atom is 0.321 e. The molecule has 0 bridgehead atoms. The smallest absolute Gasteiger partial charge is 0.321 e. The number of hydrogen-bond acceptors (Lipinski definition) is 2. The molecule has 1 saturated heterocycles. The number of likely N-dealkylation sites (tertiary alicyclic amines) is 1. The van der Waals surface area contributed by atoms with E-state index >= 15 is 0 Å². The highest BCUT2D eigenvalue weighted by Gasteiger charge is 2.46. The fourth-order valence-corrected chi connectivity index (χ4v) is 3.62. The van der Waals surface area contributed by atoms with E-state index < -0.39 is 0 Å². The maximum absolute atomic E-state index is 12.5. The standard InChI is InChI=1S/C18H17ClN2O2/c19-15-7-3-4-8-16(15)20-17(22)21-10-9-18(12-21)14-6-2-1-5-13(14)11-23-18/h1-8H,9-12H2,(H,20,22)/t18-/m0/s1. The zero-order chi connectivity index (χ0) is 15.9. The van der Waals surface area contributed by atoms with E-state index in [1.165, 1.54) is 11.1 Å². The second-order valence-electron chi connectivity index (χ2n) is 6.02. The maximum atomic E-state index is 12.5. The SMILES string of the molecule is O=C(Nc1ccccc1Cl)N1CC[C@@]2(C1)OCc1ccccc12. The van der Waals surface area contributed by atoms with E-state index in [1.54, 1.807) is 17.0 Å². The van der Waals surface area contributed by atoms with Crippen LogP contribution in [0.2, 0.25) is 5.02 Å². The fraction of sp³-hybridized carbons (Fsp3) is 0.278. The number of rotatable bonds is 1. The Labute approximate surface area is 140 Å². The Balaban J connectivity index is 1.51. The number of nitrogens with one attached hydrogen (secondary N) is 1. The third kappa shape index (κ3) is 2.48. The highest BCUT2D eigenvalue weighted by molar-refractivity contribution is 6.33. The minimum Gasteiger partial charge on any atom is -0.364 e. The van der Waals surface area contributed by atoms with E-state index in [9.17, 15) is 4.79 Å². The average molecular weight is 329 g/mol. The van der Waals surface area contributed by atoms with Gasteiger partial charge in [-0.25, -0.2) is 4.79 Å². The summed E-state index contributed by atoms with van der Waals surface area (Å²) in [5, 5.41) is 3.42. The molecule has 1 spiro atoms. The zero-order valence-corrected chi connectivity index (χ0v) is 13.3. The van der Waals surface area contributed by atoms with E-state index in [0.29, 0.717) is 30.4 Å². The number of carbonyl (C=O) groups excluding carboxylic acids is 1. The van der Waals surface area contributed by atoms with Gasteiger partial charge in [-0.3, -0.25) is 0 Å². The summed E-state index contributed by atoms with van der Waals surface area (Å²) in [6.45, 7) is 1.86. The zero-order valence-electron chi connectivity index (χ0n) is 12.6. The fourth-order valence-electron chi connectivity index (χ4n) is 3.43. The molecule has 23 heavy (non-hydrogen) atoms. The monoisotopic (exact) mass is 328 g/mol. The van der Waals surface area contributed by atoms with Crippen molar-refractivity contribution in [2.75, 3.05) is 18.4 Å². The summed E-state index contributed by atoms with van der Waals surface area (Å²) < 4.78 is 6.08. The van der Waals surface area contributed by atoms with Crippen LogP contribution in [-0.4, -0.2) is 24.0 Å². The summed E-state index contributed by atoms with van der Waals surface area (Å²) >= 11 is 6.10. The van der Waals surface area contributed by atoms with Gasteiger partial charge in [0.25, 0.3) is 0 Å². The molecule has 2 aliphatic heterocycles. The van der Waals surface area contributed by atoms with E-state index in [-0.39, 0.29) is 11.6 Å². The Morgan fingerprint density at radius 3 is 2.83 bits per heavy atom. The first-order valence-corrected chi connectivity index (χ1v) is 8.09. The molecule has 5 heteroatoms. The van der Waals surface area contributed by atoms with Gasteiger partial charge in [0.05, 0.1) is 23.9 Å². The summed E-state index contributed by atoms with van der Waals surface area (Å²) in [6.07, 6.45) is 0.819. The molecular weight excluding hydrogens is 312 g/mol. The normalized spacial score (nSPS) is 22.4. The number of amides is 2.